The Morgan fingerprint density at radius 3 is 2.71 bits per heavy atom. The predicted molar refractivity (Wildman–Crippen MR) is 61.5 cm³/mol. The van der Waals surface area contributed by atoms with Crippen LogP contribution in [0, 0.1) is 25.2 Å². The maximum atomic E-state index is 8.56. The summed E-state index contributed by atoms with van der Waals surface area (Å²) < 4.78 is 0. The third kappa shape index (κ3) is 3.08. The van der Waals surface area contributed by atoms with Crippen LogP contribution in [0.2, 0.25) is 0 Å². The van der Waals surface area contributed by atoms with Gasteiger partial charge in [-0.3, -0.25) is 0 Å². The highest BCUT2D eigenvalue weighted by atomic mass is 32.2. The van der Waals surface area contributed by atoms with Gasteiger partial charge in [-0.25, -0.2) is 0 Å². The first-order chi connectivity index (χ1) is 6.63. The third-order valence-corrected chi connectivity index (χ3v) is 3.32. The lowest BCUT2D eigenvalue weighted by Crippen LogP contribution is -1.94. The van der Waals surface area contributed by atoms with Gasteiger partial charge in [-0.05, 0) is 25.5 Å². The van der Waals surface area contributed by atoms with Gasteiger partial charge in [0, 0.05) is 16.6 Å². The van der Waals surface area contributed by atoms with Crippen LogP contribution in [-0.2, 0) is 0 Å². The lowest BCUT2D eigenvalue weighted by atomic mass is 10.2. The molecule has 0 aromatic heterocycles. The van der Waals surface area contributed by atoms with E-state index < -0.39 is 0 Å². The van der Waals surface area contributed by atoms with Crippen LogP contribution in [0.25, 0.3) is 0 Å². The molecule has 0 aliphatic carbocycles. The SMILES string of the molecule is Cc1ccc(SC(C)CC#N)c(C)c1. The van der Waals surface area contributed by atoms with E-state index in [2.05, 4.69) is 45.0 Å². The van der Waals surface area contributed by atoms with Gasteiger partial charge >= 0.3 is 0 Å². The highest BCUT2D eigenvalue weighted by Crippen LogP contribution is 2.28. The molecule has 0 amide bonds. The maximum Gasteiger partial charge on any atom is 0.0633 e. The van der Waals surface area contributed by atoms with E-state index in [1.54, 1.807) is 11.8 Å². The lowest BCUT2D eigenvalue weighted by Gasteiger charge is -2.10. The highest BCUT2D eigenvalue weighted by Gasteiger charge is 2.05. The largest absolute Gasteiger partial charge is 0.198 e. The zero-order valence-electron chi connectivity index (χ0n) is 8.87. The second kappa shape index (κ2) is 5.07. The Labute approximate surface area is 90.1 Å². The first kappa shape index (κ1) is 11.1. The van der Waals surface area contributed by atoms with Gasteiger partial charge in [-0.15, -0.1) is 11.8 Å². The number of rotatable bonds is 3. The second-order valence-electron chi connectivity index (χ2n) is 3.56. The van der Waals surface area contributed by atoms with Crippen molar-refractivity contribution in [2.75, 3.05) is 0 Å². The normalized spacial score (nSPS) is 12.1. The van der Waals surface area contributed by atoms with Gasteiger partial charge in [0.2, 0.25) is 0 Å². The minimum absolute atomic E-state index is 0.376. The molecule has 2 heteroatoms. The van der Waals surface area contributed by atoms with Crippen LogP contribution in [0.3, 0.4) is 0 Å². The Kier molecular flexibility index (Phi) is 4.03. The van der Waals surface area contributed by atoms with Crippen molar-refractivity contribution < 1.29 is 0 Å². The molecular weight excluding hydrogens is 190 g/mol. The molecule has 0 fully saturated rings. The van der Waals surface area contributed by atoms with Crippen molar-refractivity contribution in [3.63, 3.8) is 0 Å². The first-order valence-corrected chi connectivity index (χ1v) is 5.62. The highest BCUT2D eigenvalue weighted by molar-refractivity contribution is 8.00. The Morgan fingerprint density at radius 1 is 1.43 bits per heavy atom. The average molecular weight is 205 g/mol. The lowest BCUT2D eigenvalue weighted by molar-refractivity contribution is 0.987. The molecule has 74 valence electrons. The van der Waals surface area contributed by atoms with E-state index >= 15 is 0 Å². The van der Waals surface area contributed by atoms with E-state index in [4.69, 9.17) is 5.26 Å². The monoisotopic (exact) mass is 205 g/mol. The van der Waals surface area contributed by atoms with Crippen LogP contribution in [0.15, 0.2) is 23.1 Å². The summed E-state index contributed by atoms with van der Waals surface area (Å²) in [6.45, 7) is 6.31. The smallest absolute Gasteiger partial charge is 0.0633 e. The molecule has 0 radical (unpaired) electrons. The van der Waals surface area contributed by atoms with Gasteiger partial charge in [0.25, 0.3) is 0 Å². The molecule has 0 heterocycles. The van der Waals surface area contributed by atoms with Crippen molar-refractivity contribution in [3.05, 3.63) is 29.3 Å². The zero-order chi connectivity index (χ0) is 10.6. The summed E-state index contributed by atoms with van der Waals surface area (Å²) >= 11 is 1.78. The predicted octanol–water partition coefficient (Wildman–Crippen LogP) is 3.70. The minimum atomic E-state index is 0.376. The fraction of sp³-hybridized carbons (Fsp3) is 0.417. The number of nitriles is 1. The molecule has 1 rings (SSSR count). The minimum Gasteiger partial charge on any atom is -0.198 e. The summed E-state index contributed by atoms with van der Waals surface area (Å²) in [5.74, 6) is 0. The van der Waals surface area contributed by atoms with Crippen LogP contribution in [0.5, 0.6) is 0 Å². The number of hydrogen-bond donors (Lipinski definition) is 0. The van der Waals surface area contributed by atoms with E-state index in [-0.39, 0.29) is 0 Å². The van der Waals surface area contributed by atoms with Crippen LogP contribution in [-0.4, -0.2) is 5.25 Å². The molecule has 1 aromatic rings. The first-order valence-electron chi connectivity index (χ1n) is 4.74. The van der Waals surface area contributed by atoms with Crippen molar-refractivity contribution in [1.29, 1.82) is 5.26 Å². The molecule has 1 unspecified atom stereocenters. The summed E-state index contributed by atoms with van der Waals surface area (Å²) in [4.78, 5) is 1.29. The van der Waals surface area contributed by atoms with Crippen molar-refractivity contribution in [1.82, 2.24) is 0 Å². The van der Waals surface area contributed by atoms with Gasteiger partial charge < -0.3 is 0 Å². The molecule has 0 saturated heterocycles. The van der Waals surface area contributed by atoms with Crippen molar-refractivity contribution in [3.8, 4) is 6.07 Å². The Hall–Kier alpha value is -0.940. The van der Waals surface area contributed by atoms with Gasteiger partial charge in [0.05, 0.1) is 6.07 Å². The maximum absolute atomic E-state index is 8.56. The topological polar surface area (TPSA) is 23.8 Å². The molecule has 0 bridgehead atoms. The number of thioether (sulfide) groups is 1. The zero-order valence-corrected chi connectivity index (χ0v) is 9.69. The van der Waals surface area contributed by atoms with E-state index in [1.165, 1.54) is 16.0 Å². The summed E-state index contributed by atoms with van der Waals surface area (Å²) in [6, 6.07) is 8.64. The number of aryl methyl sites for hydroxylation is 2. The second-order valence-corrected chi connectivity index (χ2v) is 5.04. The third-order valence-electron chi connectivity index (χ3n) is 2.04. The van der Waals surface area contributed by atoms with Gasteiger partial charge in [-0.2, -0.15) is 5.26 Å². The summed E-state index contributed by atoms with van der Waals surface area (Å²) in [7, 11) is 0. The number of hydrogen-bond acceptors (Lipinski definition) is 2. The van der Waals surface area contributed by atoms with E-state index in [1.807, 2.05) is 0 Å². The fourth-order valence-electron chi connectivity index (χ4n) is 1.32. The summed E-state index contributed by atoms with van der Waals surface area (Å²) in [6.07, 6.45) is 0.609. The Balaban J connectivity index is 2.73. The van der Waals surface area contributed by atoms with Crippen LogP contribution < -0.4 is 0 Å². The molecule has 1 aromatic carbocycles. The quantitative estimate of drug-likeness (QED) is 0.702. The molecule has 0 aliphatic rings. The molecule has 14 heavy (non-hydrogen) atoms. The fourth-order valence-corrected chi connectivity index (χ4v) is 2.30. The molecular formula is C12H15NS. The van der Waals surface area contributed by atoms with Gasteiger partial charge in [0.15, 0.2) is 0 Å². The average Bonchev–Trinajstić information content (AvgIpc) is 2.10. The van der Waals surface area contributed by atoms with E-state index in [0.29, 0.717) is 11.7 Å². The summed E-state index contributed by atoms with van der Waals surface area (Å²) in [5, 5.41) is 8.94. The molecule has 0 N–H and O–H groups in total. The van der Waals surface area contributed by atoms with Crippen LogP contribution in [0.1, 0.15) is 24.5 Å². The molecule has 0 saturated carbocycles. The van der Waals surface area contributed by atoms with E-state index in [9.17, 15) is 0 Å². The molecule has 1 nitrogen and oxygen atoms in total. The van der Waals surface area contributed by atoms with Crippen molar-refractivity contribution >= 4 is 11.8 Å². The van der Waals surface area contributed by atoms with E-state index in [0.717, 1.165) is 0 Å². The number of nitrogens with zero attached hydrogens (tertiary/aromatic N) is 1. The van der Waals surface area contributed by atoms with Crippen molar-refractivity contribution in [2.24, 2.45) is 0 Å². The van der Waals surface area contributed by atoms with Crippen LogP contribution in [0.4, 0.5) is 0 Å². The van der Waals surface area contributed by atoms with Gasteiger partial charge in [-0.1, -0.05) is 24.6 Å². The Bertz CT molecular complexity index is 352. The molecule has 0 spiro atoms. The van der Waals surface area contributed by atoms with Crippen LogP contribution >= 0.6 is 11.8 Å². The molecule has 1 atom stereocenters. The standard InChI is InChI=1S/C12H15NS/c1-9-4-5-12(10(2)8-9)14-11(3)6-7-13/h4-5,8,11H,6H2,1-3H3. The van der Waals surface area contributed by atoms with Gasteiger partial charge in [0.1, 0.15) is 0 Å². The number of benzene rings is 1. The Morgan fingerprint density at radius 2 is 2.14 bits per heavy atom. The van der Waals surface area contributed by atoms with Crippen molar-refractivity contribution in [2.45, 2.75) is 37.3 Å². The summed E-state index contributed by atoms with van der Waals surface area (Å²) in [5.41, 5.74) is 2.60. The molecule has 0 aliphatic heterocycles.